The first-order valence-electron chi connectivity index (χ1n) is 6.33. The van der Waals surface area contributed by atoms with Crippen LogP contribution in [0.25, 0.3) is 0 Å². The molecule has 1 aromatic heterocycles. The first kappa shape index (κ1) is 11.6. The SMILES string of the molecule is CCn1nc(C)cc1CC1(CO)CCCC1. The monoisotopic (exact) mass is 222 g/mol. The van der Waals surface area contributed by atoms with Gasteiger partial charge in [-0.15, -0.1) is 0 Å². The summed E-state index contributed by atoms with van der Waals surface area (Å²) in [7, 11) is 0. The second-order valence-corrected chi connectivity index (χ2v) is 5.13. The number of nitrogens with zero attached hydrogens (tertiary/aromatic N) is 2. The Hall–Kier alpha value is -0.830. The van der Waals surface area contributed by atoms with Gasteiger partial charge in [0.1, 0.15) is 0 Å². The minimum atomic E-state index is 0.138. The molecule has 3 heteroatoms. The van der Waals surface area contributed by atoms with Crippen LogP contribution in [0.1, 0.15) is 44.0 Å². The molecule has 1 N–H and O–H groups in total. The van der Waals surface area contributed by atoms with Crippen LogP contribution in [-0.4, -0.2) is 21.5 Å². The number of hydrogen-bond donors (Lipinski definition) is 1. The maximum atomic E-state index is 9.62. The average Bonchev–Trinajstić information content (AvgIpc) is 2.86. The lowest BCUT2D eigenvalue weighted by molar-refractivity contribution is 0.128. The van der Waals surface area contributed by atoms with Crippen LogP contribution in [0.2, 0.25) is 0 Å². The van der Waals surface area contributed by atoms with Gasteiger partial charge in [0.15, 0.2) is 0 Å². The molecule has 0 atom stereocenters. The molecule has 1 aromatic rings. The van der Waals surface area contributed by atoms with Gasteiger partial charge in [0.05, 0.1) is 5.69 Å². The lowest BCUT2D eigenvalue weighted by Gasteiger charge is -2.26. The van der Waals surface area contributed by atoms with E-state index in [0.29, 0.717) is 6.61 Å². The van der Waals surface area contributed by atoms with Crippen molar-refractivity contribution in [3.05, 3.63) is 17.5 Å². The maximum absolute atomic E-state index is 9.62. The smallest absolute Gasteiger partial charge is 0.0596 e. The third-order valence-electron chi connectivity index (χ3n) is 3.84. The molecule has 1 aliphatic rings. The van der Waals surface area contributed by atoms with E-state index in [-0.39, 0.29) is 5.41 Å². The minimum Gasteiger partial charge on any atom is -0.396 e. The summed E-state index contributed by atoms with van der Waals surface area (Å²) in [6, 6.07) is 2.17. The fraction of sp³-hybridized carbons (Fsp3) is 0.769. The predicted molar refractivity (Wildman–Crippen MR) is 64.3 cm³/mol. The van der Waals surface area contributed by atoms with Crippen molar-refractivity contribution in [2.24, 2.45) is 5.41 Å². The van der Waals surface area contributed by atoms with Crippen molar-refractivity contribution in [1.82, 2.24) is 9.78 Å². The molecule has 0 saturated heterocycles. The van der Waals surface area contributed by atoms with E-state index < -0.39 is 0 Å². The van der Waals surface area contributed by atoms with Crippen LogP contribution in [0, 0.1) is 12.3 Å². The third kappa shape index (κ3) is 2.14. The van der Waals surface area contributed by atoms with Gasteiger partial charge in [0.2, 0.25) is 0 Å². The summed E-state index contributed by atoms with van der Waals surface area (Å²) in [6.45, 7) is 5.40. The van der Waals surface area contributed by atoms with Gasteiger partial charge in [-0.3, -0.25) is 4.68 Å². The fourth-order valence-corrected chi connectivity index (χ4v) is 2.92. The zero-order valence-corrected chi connectivity index (χ0v) is 10.4. The number of aryl methyl sites for hydroxylation is 2. The standard InChI is InChI=1S/C13H22N2O/c1-3-15-12(8-11(2)14-15)9-13(10-16)6-4-5-7-13/h8,16H,3-7,9-10H2,1-2H3. The summed E-state index contributed by atoms with van der Waals surface area (Å²) in [6.07, 6.45) is 5.84. The zero-order chi connectivity index (χ0) is 11.6. The number of rotatable bonds is 4. The second kappa shape index (κ2) is 4.58. The molecule has 0 aliphatic heterocycles. The Bertz CT molecular complexity index is 351. The van der Waals surface area contributed by atoms with Crippen LogP contribution >= 0.6 is 0 Å². The van der Waals surface area contributed by atoms with E-state index in [1.54, 1.807) is 0 Å². The molecule has 0 spiro atoms. The summed E-state index contributed by atoms with van der Waals surface area (Å²) in [5.74, 6) is 0. The van der Waals surface area contributed by atoms with Crippen molar-refractivity contribution < 1.29 is 5.11 Å². The summed E-state index contributed by atoms with van der Waals surface area (Å²) >= 11 is 0. The highest BCUT2D eigenvalue weighted by Gasteiger charge is 2.34. The van der Waals surface area contributed by atoms with E-state index in [0.717, 1.165) is 31.5 Å². The molecule has 1 fully saturated rings. The molecular formula is C13H22N2O. The number of aromatic nitrogens is 2. The second-order valence-electron chi connectivity index (χ2n) is 5.13. The molecule has 1 saturated carbocycles. The van der Waals surface area contributed by atoms with Crippen LogP contribution in [0.4, 0.5) is 0 Å². The van der Waals surface area contributed by atoms with E-state index in [1.807, 2.05) is 6.92 Å². The lowest BCUT2D eigenvalue weighted by Crippen LogP contribution is -2.25. The number of aliphatic hydroxyl groups excluding tert-OH is 1. The van der Waals surface area contributed by atoms with Crippen LogP contribution in [0.15, 0.2) is 6.07 Å². The van der Waals surface area contributed by atoms with Gasteiger partial charge in [-0.25, -0.2) is 0 Å². The normalized spacial score (nSPS) is 19.2. The quantitative estimate of drug-likeness (QED) is 0.849. The molecule has 0 unspecified atom stereocenters. The number of hydrogen-bond acceptors (Lipinski definition) is 2. The molecule has 0 bridgehead atoms. The first-order valence-corrected chi connectivity index (χ1v) is 6.33. The molecule has 1 heterocycles. The van der Waals surface area contributed by atoms with E-state index in [9.17, 15) is 5.11 Å². The molecular weight excluding hydrogens is 200 g/mol. The first-order chi connectivity index (χ1) is 7.69. The van der Waals surface area contributed by atoms with Crippen molar-refractivity contribution in [1.29, 1.82) is 0 Å². The van der Waals surface area contributed by atoms with Gasteiger partial charge < -0.3 is 5.11 Å². The Morgan fingerprint density at radius 1 is 1.44 bits per heavy atom. The summed E-state index contributed by atoms with van der Waals surface area (Å²) in [5.41, 5.74) is 2.51. The van der Waals surface area contributed by atoms with E-state index >= 15 is 0 Å². The van der Waals surface area contributed by atoms with Gasteiger partial charge in [-0.1, -0.05) is 12.8 Å². The van der Waals surface area contributed by atoms with E-state index in [1.165, 1.54) is 18.5 Å². The maximum Gasteiger partial charge on any atom is 0.0596 e. The van der Waals surface area contributed by atoms with Crippen molar-refractivity contribution in [3.63, 3.8) is 0 Å². The van der Waals surface area contributed by atoms with Crippen molar-refractivity contribution in [3.8, 4) is 0 Å². The lowest BCUT2D eigenvalue weighted by atomic mass is 9.82. The fourth-order valence-electron chi connectivity index (χ4n) is 2.92. The van der Waals surface area contributed by atoms with Crippen LogP contribution in [0.5, 0.6) is 0 Å². The minimum absolute atomic E-state index is 0.138. The molecule has 90 valence electrons. The Labute approximate surface area is 97.5 Å². The van der Waals surface area contributed by atoms with Gasteiger partial charge in [0.25, 0.3) is 0 Å². The van der Waals surface area contributed by atoms with Crippen molar-refractivity contribution in [2.45, 2.75) is 52.5 Å². The van der Waals surface area contributed by atoms with Gasteiger partial charge in [-0.05, 0) is 44.6 Å². The zero-order valence-electron chi connectivity index (χ0n) is 10.4. The Balaban J connectivity index is 2.18. The van der Waals surface area contributed by atoms with Gasteiger partial charge >= 0.3 is 0 Å². The highest BCUT2D eigenvalue weighted by Crippen LogP contribution is 2.40. The highest BCUT2D eigenvalue weighted by atomic mass is 16.3. The Morgan fingerprint density at radius 3 is 2.69 bits per heavy atom. The summed E-state index contributed by atoms with van der Waals surface area (Å²) < 4.78 is 2.07. The molecule has 0 radical (unpaired) electrons. The topological polar surface area (TPSA) is 38.0 Å². The summed E-state index contributed by atoms with van der Waals surface area (Å²) in [5, 5.41) is 14.1. The highest BCUT2D eigenvalue weighted by molar-refractivity contribution is 5.12. The molecule has 0 amide bonds. The summed E-state index contributed by atoms with van der Waals surface area (Å²) in [4.78, 5) is 0. The molecule has 16 heavy (non-hydrogen) atoms. The van der Waals surface area contributed by atoms with E-state index in [2.05, 4.69) is 22.8 Å². The van der Waals surface area contributed by atoms with Crippen LogP contribution < -0.4 is 0 Å². The van der Waals surface area contributed by atoms with Crippen LogP contribution in [0.3, 0.4) is 0 Å². The van der Waals surface area contributed by atoms with Gasteiger partial charge in [0, 0.05) is 18.8 Å². The third-order valence-corrected chi connectivity index (χ3v) is 3.84. The predicted octanol–water partition coefficient (Wildman–Crippen LogP) is 2.31. The average molecular weight is 222 g/mol. The largest absolute Gasteiger partial charge is 0.396 e. The van der Waals surface area contributed by atoms with Gasteiger partial charge in [-0.2, -0.15) is 5.10 Å². The molecule has 0 aromatic carbocycles. The molecule has 1 aliphatic carbocycles. The van der Waals surface area contributed by atoms with Crippen LogP contribution in [-0.2, 0) is 13.0 Å². The molecule has 2 rings (SSSR count). The van der Waals surface area contributed by atoms with Crippen molar-refractivity contribution >= 4 is 0 Å². The van der Waals surface area contributed by atoms with Crippen molar-refractivity contribution in [2.75, 3.05) is 6.61 Å². The van der Waals surface area contributed by atoms with E-state index in [4.69, 9.17) is 0 Å². The Kier molecular flexibility index (Phi) is 3.33. The Morgan fingerprint density at radius 2 is 2.12 bits per heavy atom. The number of aliphatic hydroxyl groups is 1. The molecule has 3 nitrogen and oxygen atoms in total.